The van der Waals surface area contributed by atoms with Gasteiger partial charge in [-0.3, -0.25) is 4.79 Å². The number of fused-ring (bicyclic) bond motifs is 2. The Bertz CT molecular complexity index is 453. The molecule has 4 aliphatic rings. The van der Waals surface area contributed by atoms with E-state index in [0.29, 0.717) is 12.3 Å². The molecule has 5 unspecified atom stereocenters. The van der Waals surface area contributed by atoms with Crippen molar-refractivity contribution in [2.24, 2.45) is 23.7 Å². The van der Waals surface area contributed by atoms with Crippen LogP contribution in [0.25, 0.3) is 0 Å². The van der Waals surface area contributed by atoms with Gasteiger partial charge in [-0.2, -0.15) is 0 Å². The quantitative estimate of drug-likeness (QED) is 0.851. The smallest absolute Gasteiger partial charge is 0.326 e. The molecule has 0 aromatic carbocycles. The largest absolute Gasteiger partial charge is 0.480 e. The Kier molecular flexibility index (Phi) is 3.23. The molecule has 0 bridgehead atoms. The number of amides is 1. The summed E-state index contributed by atoms with van der Waals surface area (Å²) in [6, 6.07) is -0.355. The molecular weight excluding hydrogens is 266 g/mol. The van der Waals surface area contributed by atoms with Gasteiger partial charge in [-0.05, 0) is 62.7 Å². The fraction of sp³-hybridized carbons (Fsp3) is 0.882. The van der Waals surface area contributed by atoms with E-state index < -0.39 is 12.0 Å². The molecule has 1 heterocycles. The zero-order valence-corrected chi connectivity index (χ0v) is 12.5. The van der Waals surface area contributed by atoms with Crippen molar-refractivity contribution in [2.75, 3.05) is 0 Å². The van der Waals surface area contributed by atoms with Gasteiger partial charge in [0.1, 0.15) is 6.04 Å². The lowest BCUT2D eigenvalue weighted by Gasteiger charge is -2.48. The van der Waals surface area contributed by atoms with E-state index in [1.54, 1.807) is 0 Å². The number of carboxylic acid groups (broad SMARTS) is 1. The summed E-state index contributed by atoms with van der Waals surface area (Å²) >= 11 is 0. The summed E-state index contributed by atoms with van der Waals surface area (Å²) in [6.07, 6.45) is 9.56. The van der Waals surface area contributed by atoms with E-state index >= 15 is 0 Å². The van der Waals surface area contributed by atoms with Crippen LogP contribution in [0.1, 0.15) is 57.8 Å². The summed E-state index contributed by atoms with van der Waals surface area (Å²) in [5, 5.41) is 9.56. The lowest BCUT2D eigenvalue weighted by atomic mass is 9.75. The molecule has 5 atom stereocenters. The fourth-order valence-electron chi connectivity index (χ4n) is 5.32. The van der Waals surface area contributed by atoms with Crippen LogP contribution < -0.4 is 0 Å². The van der Waals surface area contributed by atoms with Gasteiger partial charge < -0.3 is 10.0 Å². The minimum absolute atomic E-state index is 0.122. The highest BCUT2D eigenvalue weighted by Gasteiger charge is 2.52. The van der Waals surface area contributed by atoms with Crippen LogP contribution in [0.15, 0.2) is 0 Å². The van der Waals surface area contributed by atoms with Gasteiger partial charge >= 0.3 is 5.97 Å². The monoisotopic (exact) mass is 291 g/mol. The van der Waals surface area contributed by atoms with Gasteiger partial charge in [0.05, 0.1) is 0 Å². The first kappa shape index (κ1) is 13.6. The Morgan fingerprint density at radius 2 is 1.57 bits per heavy atom. The number of carboxylic acids is 1. The molecule has 4 nitrogen and oxygen atoms in total. The molecular formula is C17H25NO3. The van der Waals surface area contributed by atoms with Crippen molar-refractivity contribution in [2.45, 2.75) is 69.9 Å². The Morgan fingerprint density at radius 1 is 0.857 bits per heavy atom. The summed E-state index contributed by atoms with van der Waals surface area (Å²) in [4.78, 5) is 26.5. The molecule has 4 heteroatoms. The van der Waals surface area contributed by atoms with Gasteiger partial charge in [0.25, 0.3) is 0 Å². The van der Waals surface area contributed by atoms with Crippen LogP contribution in [-0.4, -0.2) is 34.0 Å². The topological polar surface area (TPSA) is 57.6 Å². The highest BCUT2D eigenvalue weighted by molar-refractivity contribution is 5.86. The number of hydrogen-bond donors (Lipinski definition) is 1. The molecule has 0 aromatic rings. The van der Waals surface area contributed by atoms with Gasteiger partial charge in [-0.25, -0.2) is 4.79 Å². The lowest BCUT2D eigenvalue weighted by molar-refractivity contribution is -0.160. The third-order valence-corrected chi connectivity index (χ3v) is 6.51. The van der Waals surface area contributed by atoms with Crippen LogP contribution in [0.3, 0.4) is 0 Å². The predicted octanol–water partition coefficient (Wildman–Crippen LogP) is 2.67. The van der Waals surface area contributed by atoms with Crippen molar-refractivity contribution >= 4 is 11.9 Å². The number of carbonyl (C=O) groups excluding carboxylic acids is 1. The zero-order chi connectivity index (χ0) is 14.6. The first-order chi connectivity index (χ1) is 10.1. The van der Waals surface area contributed by atoms with Crippen molar-refractivity contribution in [3.05, 3.63) is 0 Å². The Balaban J connectivity index is 1.56. The van der Waals surface area contributed by atoms with Gasteiger partial charge in [0.2, 0.25) is 5.91 Å². The lowest BCUT2D eigenvalue weighted by Crippen LogP contribution is -2.58. The average Bonchev–Trinajstić information content (AvgIpc) is 3.11. The number of rotatable bonds is 2. The molecule has 3 aliphatic carbocycles. The van der Waals surface area contributed by atoms with Gasteiger partial charge in [0.15, 0.2) is 0 Å². The maximum atomic E-state index is 13.0. The molecule has 116 valence electrons. The van der Waals surface area contributed by atoms with Crippen molar-refractivity contribution < 1.29 is 14.7 Å². The molecule has 1 N–H and O–H groups in total. The molecule has 0 spiro atoms. The number of nitrogens with zero attached hydrogens (tertiary/aromatic N) is 1. The second-order valence-electron chi connectivity index (χ2n) is 7.71. The first-order valence-electron chi connectivity index (χ1n) is 8.70. The van der Waals surface area contributed by atoms with Crippen LogP contribution >= 0.6 is 0 Å². The maximum absolute atomic E-state index is 13.0. The van der Waals surface area contributed by atoms with Gasteiger partial charge in [-0.1, -0.05) is 12.8 Å². The summed E-state index contributed by atoms with van der Waals surface area (Å²) in [7, 11) is 0. The zero-order valence-electron chi connectivity index (χ0n) is 12.5. The molecule has 3 saturated carbocycles. The third kappa shape index (κ3) is 2.27. The number of carbonyl (C=O) groups is 2. The van der Waals surface area contributed by atoms with Crippen molar-refractivity contribution in [1.82, 2.24) is 4.90 Å². The summed E-state index contributed by atoms with van der Waals surface area (Å²) in [6.45, 7) is 0. The minimum atomic E-state index is -0.796. The number of piperidine rings is 1. The Labute approximate surface area is 125 Å². The minimum Gasteiger partial charge on any atom is -0.480 e. The van der Waals surface area contributed by atoms with Gasteiger partial charge in [0, 0.05) is 12.0 Å². The summed E-state index contributed by atoms with van der Waals surface area (Å²) in [5.41, 5.74) is 0. The van der Waals surface area contributed by atoms with E-state index in [2.05, 4.69) is 0 Å². The van der Waals surface area contributed by atoms with Crippen LogP contribution in [0.5, 0.6) is 0 Å². The van der Waals surface area contributed by atoms with E-state index in [-0.39, 0.29) is 17.9 Å². The van der Waals surface area contributed by atoms with Crippen molar-refractivity contribution in [1.29, 1.82) is 0 Å². The average molecular weight is 291 g/mol. The third-order valence-electron chi connectivity index (χ3n) is 6.51. The second kappa shape index (κ2) is 4.99. The van der Waals surface area contributed by atoms with Crippen LogP contribution in [-0.2, 0) is 9.59 Å². The van der Waals surface area contributed by atoms with E-state index in [1.165, 1.54) is 19.3 Å². The van der Waals surface area contributed by atoms with Crippen LogP contribution in [0.2, 0.25) is 0 Å². The fourth-order valence-corrected chi connectivity index (χ4v) is 5.32. The summed E-state index contributed by atoms with van der Waals surface area (Å²) < 4.78 is 0. The van der Waals surface area contributed by atoms with E-state index in [9.17, 15) is 14.7 Å². The molecule has 21 heavy (non-hydrogen) atoms. The second-order valence-corrected chi connectivity index (χ2v) is 7.71. The molecule has 4 rings (SSSR count). The Hall–Kier alpha value is -1.06. The predicted molar refractivity (Wildman–Crippen MR) is 77.6 cm³/mol. The Morgan fingerprint density at radius 3 is 2.29 bits per heavy atom. The van der Waals surface area contributed by atoms with E-state index in [1.807, 2.05) is 4.90 Å². The molecule has 0 radical (unpaired) electrons. The highest BCUT2D eigenvalue weighted by atomic mass is 16.4. The molecule has 1 amide bonds. The van der Waals surface area contributed by atoms with Crippen molar-refractivity contribution in [3.8, 4) is 0 Å². The highest BCUT2D eigenvalue weighted by Crippen LogP contribution is 2.55. The van der Waals surface area contributed by atoms with E-state index in [0.717, 1.165) is 43.9 Å². The molecule has 1 saturated heterocycles. The molecule has 0 aromatic heterocycles. The summed E-state index contributed by atoms with van der Waals surface area (Å²) in [5.74, 6) is 1.59. The normalized spacial score (nSPS) is 44.9. The molecule has 1 aliphatic heterocycles. The van der Waals surface area contributed by atoms with E-state index in [4.69, 9.17) is 0 Å². The molecule has 4 fully saturated rings. The maximum Gasteiger partial charge on any atom is 0.326 e. The standard InChI is InChI=1S/C17H25NO3/c19-16(13-8-11-7-12(11)9-13)18-14-4-2-1-3-10(14)5-6-15(18)17(20)21/h10-15H,1-9H2,(H,20,21). The van der Waals surface area contributed by atoms with Gasteiger partial charge in [-0.15, -0.1) is 0 Å². The SMILES string of the molecule is O=C(O)C1CCC2CCCCC2N1C(=O)C1CC2CC2C1. The first-order valence-corrected chi connectivity index (χ1v) is 8.70. The van der Waals surface area contributed by atoms with Crippen LogP contribution in [0, 0.1) is 23.7 Å². The number of aliphatic carboxylic acids is 1. The van der Waals surface area contributed by atoms with Crippen LogP contribution in [0.4, 0.5) is 0 Å². The van der Waals surface area contributed by atoms with Crippen molar-refractivity contribution in [3.63, 3.8) is 0 Å². The number of hydrogen-bond acceptors (Lipinski definition) is 2. The number of likely N-dealkylation sites (tertiary alicyclic amines) is 1.